The molecule has 0 heterocycles. The largest absolute Gasteiger partial charge is 0.358 e. The van der Waals surface area contributed by atoms with E-state index in [1.54, 1.807) is 31.3 Å². The molecule has 0 radical (unpaired) electrons. The normalized spacial score (nSPS) is 19.0. The van der Waals surface area contributed by atoms with E-state index in [2.05, 4.69) is 10.0 Å². The molecule has 0 bridgehead atoms. The van der Waals surface area contributed by atoms with Crippen LogP contribution in [0.2, 0.25) is 0 Å². The van der Waals surface area contributed by atoms with Gasteiger partial charge in [-0.15, -0.1) is 0 Å². The van der Waals surface area contributed by atoms with Crippen LogP contribution in [-0.2, 0) is 20.2 Å². The standard InChI is InChI=1S/C24H30N2O3S/c1-25-23(27)24(16-5-17-24)20-10-12-21(13-11-20)26-30(28,29)22-14-8-19(9-15-22)18-6-3-2-4-7-18/h8-15,18,26H,2-7,16-17H2,1H3,(H,25,27). The summed E-state index contributed by atoms with van der Waals surface area (Å²) in [6.45, 7) is 0. The highest BCUT2D eigenvalue weighted by atomic mass is 32.2. The van der Waals surface area contributed by atoms with Gasteiger partial charge in [0.1, 0.15) is 0 Å². The topological polar surface area (TPSA) is 75.3 Å². The zero-order valence-corrected chi connectivity index (χ0v) is 18.3. The Balaban J connectivity index is 1.47. The molecule has 0 unspecified atom stereocenters. The second-order valence-electron chi connectivity index (χ2n) is 8.60. The van der Waals surface area contributed by atoms with E-state index in [0.29, 0.717) is 11.6 Å². The SMILES string of the molecule is CNC(=O)C1(c2ccc(NS(=O)(=O)c3ccc(C4CCCCC4)cc3)cc2)CCC1. The van der Waals surface area contributed by atoms with Gasteiger partial charge in [0.2, 0.25) is 5.91 Å². The number of rotatable bonds is 6. The fourth-order valence-corrected chi connectivity index (χ4v) is 5.90. The third-order valence-corrected chi connectivity index (χ3v) is 8.22. The van der Waals surface area contributed by atoms with E-state index < -0.39 is 15.4 Å². The average molecular weight is 427 g/mol. The van der Waals surface area contributed by atoms with Crippen molar-refractivity contribution < 1.29 is 13.2 Å². The van der Waals surface area contributed by atoms with Gasteiger partial charge < -0.3 is 5.32 Å². The van der Waals surface area contributed by atoms with Crippen LogP contribution in [0.15, 0.2) is 53.4 Å². The van der Waals surface area contributed by atoms with E-state index in [1.165, 1.54) is 37.7 Å². The van der Waals surface area contributed by atoms with Gasteiger partial charge in [0, 0.05) is 12.7 Å². The number of nitrogens with one attached hydrogen (secondary N) is 2. The molecule has 2 aliphatic rings. The summed E-state index contributed by atoms with van der Waals surface area (Å²) in [5, 5.41) is 2.76. The number of anilines is 1. The highest BCUT2D eigenvalue weighted by Crippen LogP contribution is 2.44. The number of amides is 1. The summed E-state index contributed by atoms with van der Waals surface area (Å²) in [6, 6.07) is 14.5. The van der Waals surface area contributed by atoms with E-state index in [0.717, 1.165) is 24.8 Å². The zero-order valence-electron chi connectivity index (χ0n) is 17.5. The Morgan fingerprint density at radius 1 is 0.900 bits per heavy atom. The molecule has 160 valence electrons. The van der Waals surface area contributed by atoms with Crippen LogP contribution in [-0.4, -0.2) is 21.4 Å². The van der Waals surface area contributed by atoms with Crippen LogP contribution in [0, 0.1) is 0 Å². The Kier molecular flexibility index (Phi) is 5.87. The number of hydrogen-bond acceptors (Lipinski definition) is 3. The third-order valence-electron chi connectivity index (χ3n) is 6.83. The zero-order chi connectivity index (χ0) is 21.2. The van der Waals surface area contributed by atoms with Crippen molar-refractivity contribution in [2.45, 2.75) is 67.6 Å². The minimum Gasteiger partial charge on any atom is -0.358 e. The Bertz CT molecular complexity index is 988. The lowest BCUT2D eigenvalue weighted by atomic mass is 9.64. The van der Waals surface area contributed by atoms with Crippen molar-refractivity contribution in [2.75, 3.05) is 11.8 Å². The predicted molar refractivity (Wildman–Crippen MR) is 119 cm³/mol. The lowest BCUT2D eigenvalue weighted by Crippen LogP contribution is -2.48. The van der Waals surface area contributed by atoms with Gasteiger partial charge in [0.15, 0.2) is 0 Å². The first-order valence-corrected chi connectivity index (χ1v) is 12.4. The van der Waals surface area contributed by atoms with Crippen LogP contribution in [0.1, 0.15) is 68.4 Å². The summed E-state index contributed by atoms with van der Waals surface area (Å²) in [5.74, 6) is 0.579. The van der Waals surface area contributed by atoms with Crippen molar-refractivity contribution in [1.29, 1.82) is 0 Å². The Hall–Kier alpha value is -2.34. The summed E-state index contributed by atoms with van der Waals surface area (Å²) in [4.78, 5) is 12.6. The number of hydrogen-bond donors (Lipinski definition) is 2. The van der Waals surface area contributed by atoms with Crippen LogP contribution >= 0.6 is 0 Å². The molecule has 2 aromatic carbocycles. The molecule has 4 rings (SSSR count). The molecule has 2 N–H and O–H groups in total. The second kappa shape index (κ2) is 8.42. The van der Waals surface area contributed by atoms with Crippen molar-refractivity contribution in [1.82, 2.24) is 5.32 Å². The second-order valence-corrected chi connectivity index (χ2v) is 10.3. The smallest absolute Gasteiger partial charge is 0.261 e. The van der Waals surface area contributed by atoms with E-state index in [4.69, 9.17) is 0 Å². The number of carbonyl (C=O) groups is 1. The molecule has 0 spiro atoms. The van der Waals surface area contributed by atoms with E-state index >= 15 is 0 Å². The minimum absolute atomic E-state index is 0.0279. The van der Waals surface area contributed by atoms with Crippen molar-refractivity contribution in [3.63, 3.8) is 0 Å². The number of benzene rings is 2. The molecular weight excluding hydrogens is 396 g/mol. The average Bonchev–Trinajstić information content (AvgIpc) is 2.74. The molecule has 0 aliphatic heterocycles. The maximum Gasteiger partial charge on any atom is 0.261 e. The Morgan fingerprint density at radius 2 is 1.53 bits per heavy atom. The van der Waals surface area contributed by atoms with Gasteiger partial charge in [0.05, 0.1) is 10.3 Å². The molecule has 2 aromatic rings. The van der Waals surface area contributed by atoms with Crippen LogP contribution < -0.4 is 10.0 Å². The summed E-state index contributed by atoms with van der Waals surface area (Å²) >= 11 is 0. The van der Waals surface area contributed by atoms with Crippen LogP contribution in [0.25, 0.3) is 0 Å². The van der Waals surface area contributed by atoms with Gasteiger partial charge in [-0.3, -0.25) is 9.52 Å². The molecule has 1 amide bonds. The quantitative estimate of drug-likeness (QED) is 0.703. The first-order valence-electron chi connectivity index (χ1n) is 10.9. The molecule has 5 nitrogen and oxygen atoms in total. The van der Waals surface area contributed by atoms with E-state index in [-0.39, 0.29) is 10.8 Å². The predicted octanol–water partition coefficient (Wildman–Crippen LogP) is 4.70. The first kappa shape index (κ1) is 20.9. The lowest BCUT2D eigenvalue weighted by Gasteiger charge is -2.40. The number of likely N-dealkylation sites (N-methyl/N-ethyl adjacent to an activating group) is 1. The summed E-state index contributed by atoms with van der Waals surface area (Å²) in [6.07, 6.45) is 8.86. The number of sulfonamides is 1. The van der Waals surface area contributed by atoms with Crippen LogP contribution in [0.4, 0.5) is 5.69 Å². The van der Waals surface area contributed by atoms with Gasteiger partial charge in [-0.2, -0.15) is 0 Å². The maximum absolute atomic E-state index is 12.8. The minimum atomic E-state index is -3.65. The van der Waals surface area contributed by atoms with Gasteiger partial charge in [-0.1, -0.05) is 49.9 Å². The Morgan fingerprint density at radius 3 is 2.07 bits per heavy atom. The molecule has 2 fully saturated rings. The molecule has 0 aromatic heterocycles. The Labute approximate surface area is 179 Å². The molecule has 0 saturated heterocycles. The van der Waals surface area contributed by atoms with Crippen molar-refractivity contribution in [3.8, 4) is 0 Å². The van der Waals surface area contributed by atoms with Crippen molar-refractivity contribution in [2.24, 2.45) is 0 Å². The molecule has 2 saturated carbocycles. The van der Waals surface area contributed by atoms with E-state index in [9.17, 15) is 13.2 Å². The monoisotopic (exact) mass is 426 g/mol. The highest BCUT2D eigenvalue weighted by molar-refractivity contribution is 7.92. The summed E-state index contributed by atoms with van der Waals surface area (Å²) in [7, 11) is -1.99. The van der Waals surface area contributed by atoms with Gasteiger partial charge in [0.25, 0.3) is 10.0 Å². The fourth-order valence-electron chi connectivity index (χ4n) is 4.84. The van der Waals surface area contributed by atoms with Gasteiger partial charge in [-0.05, 0) is 67.0 Å². The summed E-state index contributed by atoms with van der Waals surface area (Å²) < 4.78 is 28.3. The van der Waals surface area contributed by atoms with Crippen LogP contribution in [0.5, 0.6) is 0 Å². The fraction of sp³-hybridized carbons (Fsp3) is 0.458. The van der Waals surface area contributed by atoms with Crippen molar-refractivity contribution >= 4 is 21.6 Å². The number of carbonyl (C=O) groups excluding carboxylic acids is 1. The van der Waals surface area contributed by atoms with Gasteiger partial charge in [-0.25, -0.2) is 8.42 Å². The molecular formula is C24H30N2O3S. The van der Waals surface area contributed by atoms with Gasteiger partial charge >= 0.3 is 0 Å². The van der Waals surface area contributed by atoms with E-state index in [1.807, 2.05) is 24.3 Å². The molecule has 2 aliphatic carbocycles. The van der Waals surface area contributed by atoms with Crippen molar-refractivity contribution in [3.05, 3.63) is 59.7 Å². The molecule has 0 atom stereocenters. The summed E-state index contributed by atoms with van der Waals surface area (Å²) in [5.41, 5.74) is 2.20. The first-order chi connectivity index (χ1) is 14.4. The molecule has 30 heavy (non-hydrogen) atoms. The highest BCUT2D eigenvalue weighted by Gasteiger charge is 2.45. The molecule has 6 heteroatoms. The lowest BCUT2D eigenvalue weighted by molar-refractivity contribution is -0.129. The third kappa shape index (κ3) is 3.97. The van der Waals surface area contributed by atoms with Crippen LogP contribution in [0.3, 0.4) is 0 Å². The maximum atomic E-state index is 12.8.